The molecule has 0 N–H and O–H groups in total. The molecule has 60 valence electrons. The molecule has 0 atom stereocenters. The Morgan fingerprint density at radius 2 is 2.09 bits per heavy atom. The molecule has 11 heavy (non-hydrogen) atoms. The third-order valence-electron chi connectivity index (χ3n) is 1.77. The molecule has 1 aromatic rings. The Labute approximate surface area is 73.6 Å². The fourth-order valence-corrected chi connectivity index (χ4v) is 2.67. The van der Waals surface area contributed by atoms with Gasteiger partial charge in [0.25, 0.3) is 0 Å². The largest absolute Gasteiger partial charge is 0.152 e. The van der Waals surface area contributed by atoms with E-state index in [-0.39, 0.29) is 0 Å². The van der Waals surface area contributed by atoms with E-state index in [1.54, 1.807) is 11.3 Å². The molecule has 0 aromatic carbocycles. The molecule has 1 rings (SSSR count). The van der Waals surface area contributed by atoms with Gasteiger partial charge >= 0.3 is 0 Å². The van der Waals surface area contributed by atoms with Gasteiger partial charge in [0.05, 0.1) is 8.07 Å². The molecule has 2 heteroatoms. The van der Waals surface area contributed by atoms with Crippen molar-refractivity contribution in [3.05, 3.63) is 29.0 Å². The highest BCUT2D eigenvalue weighted by Gasteiger charge is 2.18. The van der Waals surface area contributed by atoms with Crippen molar-refractivity contribution < 1.29 is 0 Å². The Hall–Kier alpha value is -0.343. The monoisotopic (exact) mass is 182 g/mol. The summed E-state index contributed by atoms with van der Waals surface area (Å²) in [5, 5.41) is 5.65. The standard InChI is InChI=1S/C9H14SSi/c1-8(11(2,3)4)9-5-6-10-7-9/h5-7H,1H2,2-4H3. The molecule has 0 aliphatic carbocycles. The van der Waals surface area contributed by atoms with Crippen LogP contribution in [-0.2, 0) is 0 Å². The van der Waals surface area contributed by atoms with Crippen LogP contribution in [-0.4, -0.2) is 8.07 Å². The van der Waals surface area contributed by atoms with Crippen LogP contribution in [0.3, 0.4) is 0 Å². The predicted molar refractivity (Wildman–Crippen MR) is 56.7 cm³/mol. The zero-order valence-corrected chi connectivity index (χ0v) is 9.16. The first kappa shape index (κ1) is 8.75. The average Bonchev–Trinajstić information content (AvgIpc) is 2.34. The summed E-state index contributed by atoms with van der Waals surface area (Å²) < 4.78 is 0. The van der Waals surface area contributed by atoms with Crippen molar-refractivity contribution in [2.24, 2.45) is 0 Å². The minimum atomic E-state index is -1.15. The van der Waals surface area contributed by atoms with Crippen molar-refractivity contribution >= 4 is 24.6 Å². The maximum atomic E-state index is 4.14. The van der Waals surface area contributed by atoms with Crippen molar-refractivity contribution in [2.75, 3.05) is 0 Å². The Kier molecular flexibility index (Phi) is 2.35. The molecule has 0 nitrogen and oxygen atoms in total. The molecule has 0 amide bonds. The van der Waals surface area contributed by atoms with Gasteiger partial charge in [0.2, 0.25) is 0 Å². The van der Waals surface area contributed by atoms with Gasteiger partial charge in [-0.1, -0.05) is 31.4 Å². The van der Waals surface area contributed by atoms with Crippen molar-refractivity contribution in [3.8, 4) is 0 Å². The van der Waals surface area contributed by atoms with Crippen molar-refractivity contribution in [3.63, 3.8) is 0 Å². The summed E-state index contributed by atoms with van der Waals surface area (Å²) in [6.45, 7) is 11.1. The van der Waals surface area contributed by atoms with Crippen LogP contribution in [0, 0.1) is 0 Å². The molecule has 0 aliphatic rings. The number of thiophene rings is 1. The quantitative estimate of drug-likeness (QED) is 0.613. The van der Waals surface area contributed by atoms with E-state index in [1.807, 2.05) is 0 Å². The van der Waals surface area contributed by atoms with Crippen LogP contribution in [0.5, 0.6) is 0 Å². The maximum absolute atomic E-state index is 4.14. The first-order valence-electron chi connectivity index (χ1n) is 3.74. The van der Waals surface area contributed by atoms with Gasteiger partial charge in [-0.05, 0) is 22.4 Å². The van der Waals surface area contributed by atoms with E-state index in [4.69, 9.17) is 0 Å². The lowest BCUT2D eigenvalue weighted by atomic mass is 10.3. The minimum Gasteiger partial charge on any atom is -0.152 e. The second kappa shape index (κ2) is 2.95. The molecule has 0 saturated carbocycles. The predicted octanol–water partition coefficient (Wildman–Crippen LogP) is 3.64. The molecule has 0 unspecified atom stereocenters. The highest BCUT2D eigenvalue weighted by atomic mass is 32.1. The van der Waals surface area contributed by atoms with E-state index in [1.165, 1.54) is 10.8 Å². The van der Waals surface area contributed by atoms with Gasteiger partial charge in [-0.2, -0.15) is 11.3 Å². The maximum Gasteiger partial charge on any atom is 0.0776 e. The highest BCUT2D eigenvalue weighted by Crippen LogP contribution is 2.25. The number of hydrogen-bond donors (Lipinski definition) is 0. The fraction of sp³-hybridized carbons (Fsp3) is 0.333. The van der Waals surface area contributed by atoms with E-state index in [2.05, 4.69) is 43.0 Å². The first-order chi connectivity index (χ1) is 5.02. The van der Waals surface area contributed by atoms with Gasteiger partial charge in [0, 0.05) is 0 Å². The SMILES string of the molecule is C=C(c1ccsc1)[Si](C)(C)C. The minimum absolute atomic E-state index is 1.15. The molecule has 0 saturated heterocycles. The van der Waals surface area contributed by atoms with Crippen LogP contribution in [0.1, 0.15) is 5.56 Å². The summed E-state index contributed by atoms with van der Waals surface area (Å²) in [4.78, 5) is 0. The number of hydrogen-bond acceptors (Lipinski definition) is 1. The summed E-state index contributed by atoms with van der Waals surface area (Å²) in [5.74, 6) is 0. The lowest BCUT2D eigenvalue weighted by Gasteiger charge is -2.18. The Morgan fingerprint density at radius 3 is 2.45 bits per heavy atom. The molecular formula is C9H14SSi. The Balaban J connectivity index is 2.88. The first-order valence-corrected chi connectivity index (χ1v) is 8.18. The summed E-state index contributed by atoms with van der Waals surface area (Å²) in [7, 11) is -1.15. The van der Waals surface area contributed by atoms with Gasteiger partial charge in [0.15, 0.2) is 0 Å². The van der Waals surface area contributed by atoms with Crippen LogP contribution in [0.25, 0.3) is 5.20 Å². The summed E-state index contributed by atoms with van der Waals surface area (Å²) in [6, 6.07) is 2.16. The van der Waals surface area contributed by atoms with E-state index in [0.29, 0.717) is 0 Å². The lowest BCUT2D eigenvalue weighted by molar-refractivity contribution is 1.73. The summed E-state index contributed by atoms with van der Waals surface area (Å²) in [6.07, 6.45) is 0. The summed E-state index contributed by atoms with van der Waals surface area (Å²) >= 11 is 1.75. The Bertz CT molecular complexity index is 241. The van der Waals surface area contributed by atoms with Gasteiger partial charge in [-0.15, -0.1) is 0 Å². The zero-order valence-electron chi connectivity index (χ0n) is 7.35. The molecule has 0 aliphatic heterocycles. The van der Waals surface area contributed by atoms with Crippen molar-refractivity contribution in [2.45, 2.75) is 19.6 Å². The second-order valence-electron chi connectivity index (χ2n) is 3.74. The third kappa shape index (κ3) is 2.04. The van der Waals surface area contributed by atoms with E-state index < -0.39 is 8.07 Å². The van der Waals surface area contributed by atoms with Crippen LogP contribution >= 0.6 is 11.3 Å². The highest BCUT2D eigenvalue weighted by molar-refractivity contribution is 7.08. The van der Waals surface area contributed by atoms with Gasteiger partial charge in [-0.25, -0.2) is 0 Å². The second-order valence-corrected chi connectivity index (χ2v) is 9.62. The van der Waals surface area contributed by atoms with E-state index in [9.17, 15) is 0 Å². The third-order valence-corrected chi connectivity index (χ3v) is 4.56. The van der Waals surface area contributed by atoms with Gasteiger partial charge in [-0.3, -0.25) is 0 Å². The topological polar surface area (TPSA) is 0 Å². The molecule has 0 spiro atoms. The Morgan fingerprint density at radius 1 is 1.45 bits per heavy atom. The molecule has 0 fully saturated rings. The van der Waals surface area contributed by atoms with Crippen LogP contribution < -0.4 is 0 Å². The summed E-state index contributed by atoms with van der Waals surface area (Å²) in [5.41, 5.74) is 1.34. The van der Waals surface area contributed by atoms with E-state index in [0.717, 1.165) is 0 Å². The molecule has 0 radical (unpaired) electrons. The van der Waals surface area contributed by atoms with Gasteiger partial charge in [0.1, 0.15) is 0 Å². The van der Waals surface area contributed by atoms with Crippen LogP contribution in [0.2, 0.25) is 19.6 Å². The smallest absolute Gasteiger partial charge is 0.0776 e. The van der Waals surface area contributed by atoms with Crippen molar-refractivity contribution in [1.29, 1.82) is 0 Å². The normalized spacial score (nSPS) is 11.5. The fourth-order valence-electron chi connectivity index (χ4n) is 0.869. The van der Waals surface area contributed by atoms with Crippen LogP contribution in [0.4, 0.5) is 0 Å². The molecular weight excluding hydrogens is 168 g/mol. The molecule has 1 aromatic heterocycles. The molecule has 0 bridgehead atoms. The van der Waals surface area contributed by atoms with Gasteiger partial charge < -0.3 is 0 Å². The lowest BCUT2D eigenvalue weighted by Crippen LogP contribution is -2.21. The molecule has 1 heterocycles. The van der Waals surface area contributed by atoms with Crippen LogP contribution in [0.15, 0.2) is 23.4 Å². The average molecular weight is 182 g/mol. The number of rotatable bonds is 2. The zero-order chi connectivity index (χ0) is 8.48. The van der Waals surface area contributed by atoms with Crippen molar-refractivity contribution in [1.82, 2.24) is 0 Å². The van der Waals surface area contributed by atoms with E-state index >= 15 is 0 Å².